The Balaban J connectivity index is 1.62. The van der Waals surface area contributed by atoms with Gasteiger partial charge in [0, 0.05) is 25.0 Å². The van der Waals surface area contributed by atoms with Gasteiger partial charge in [0.1, 0.15) is 11.6 Å². The van der Waals surface area contributed by atoms with Crippen LogP contribution in [0.3, 0.4) is 0 Å². The fraction of sp³-hybridized carbons (Fsp3) is 0.429. The quantitative estimate of drug-likeness (QED) is 0.885. The van der Waals surface area contributed by atoms with Gasteiger partial charge in [-0.15, -0.1) is 0 Å². The first kappa shape index (κ1) is 17.9. The summed E-state index contributed by atoms with van der Waals surface area (Å²) in [6.07, 6.45) is 3.46. The number of Topliss-reactive ketones (excluding diaryl/α,β-unsaturated/α-hetero) is 1. The number of fused-ring (bicyclic) bond motifs is 1. The predicted molar refractivity (Wildman–Crippen MR) is 96.3 cm³/mol. The lowest BCUT2D eigenvalue weighted by molar-refractivity contribution is 0.0656. The first-order valence-corrected chi connectivity index (χ1v) is 9.38. The highest BCUT2D eigenvalue weighted by molar-refractivity contribution is 6.03. The number of hydrogen-bond donors (Lipinski definition) is 1. The molecule has 2 aromatic rings. The van der Waals surface area contributed by atoms with Crippen LogP contribution < -0.4 is 5.32 Å². The average molecular weight is 371 g/mol. The van der Waals surface area contributed by atoms with Gasteiger partial charge in [0.05, 0.1) is 17.7 Å². The van der Waals surface area contributed by atoms with Crippen LogP contribution in [-0.2, 0) is 11.2 Å². The Morgan fingerprint density at radius 1 is 1.22 bits per heavy atom. The van der Waals surface area contributed by atoms with Crippen molar-refractivity contribution in [3.8, 4) is 0 Å². The van der Waals surface area contributed by atoms with Gasteiger partial charge in [0.25, 0.3) is 5.91 Å². The van der Waals surface area contributed by atoms with Crippen molar-refractivity contribution in [1.29, 1.82) is 0 Å². The highest BCUT2D eigenvalue weighted by Gasteiger charge is 2.33. The maximum Gasteiger partial charge on any atom is 0.287 e. The van der Waals surface area contributed by atoms with Crippen molar-refractivity contribution in [2.75, 3.05) is 6.61 Å². The number of ketones is 1. The monoisotopic (exact) mass is 371 g/mol. The summed E-state index contributed by atoms with van der Waals surface area (Å²) in [5.41, 5.74) is 1.93. The molecule has 2 heterocycles. The van der Waals surface area contributed by atoms with Crippen LogP contribution in [0.15, 0.2) is 28.7 Å². The molecule has 1 fully saturated rings. The first-order chi connectivity index (χ1) is 13.0. The van der Waals surface area contributed by atoms with Gasteiger partial charge in [-0.25, -0.2) is 4.39 Å². The second-order valence-electron chi connectivity index (χ2n) is 7.19. The highest BCUT2D eigenvalue weighted by atomic mass is 19.1. The summed E-state index contributed by atoms with van der Waals surface area (Å²) < 4.78 is 24.8. The summed E-state index contributed by atoms with van der Waals surface area (Å²) in [4.78, 5) is 25.1. The second-order valence-corrected chi connectivity index (χ2v) is 7.19. The first-order valence-electron chi connectivity index (χ1n) is 9.38. The van der Waals surface area contributed by atoms with E-state index in [1.807, 2.05) is 0 Å². The number of carbonyl (C=O) groups excluding carboxylic acids is 2. The zero-order chi connectivity index (χ0) is 19.0. The van der Waals surface area contributed by atoms with Crippen LogP contribution in [0.25, 0.3) is 0 Å². The molecule has 6 heteroatoms. The zero-order valence-corrected chi connectivity index (χ0v) is 15.2. The summed E-state index contributed by atoms with van der Waals surface area (Å²) in [5.74, 6) is 0.110. The molecule has 2 unspecified atom stereocenters. The number of amides is 1. The Kier molecular flexibility index (Phi) is 4.83. The van der Waals surface area contributed by atoms with Gasteiger partial charge >= 0.3 is 0 Å². The van der Waals surface area contributed by atoms with Crippen LogP contribution in [0.1, 0.15) is 69.5 Å². The number of nitrogens with one attached hydrogen (secondary N) is 1. The average Bonchev–Trinajstić information content (AvgIpc) is 3.29. The smallest absolute Gasteiger partial charge is 0.287 e. The number of aryl methyl sites for hydroxylation is 1. The molecule has 2 atom stereocenters. The van der Waals surface area contributed by atoms with Gasteiger partial charge in [-0.3, -0.25) is 9.59 Å². The number of hydrogen-bond acceptors (Lipinski definition) is 4. The second kappa shape index (κ2) is 7.27. The van der Waals surface area contributed by atoms with Gasteiger partial charge < -0.3 is 14.5 Å². The van der Waals surface area contributed by atoms with Crippen LogP contribution in [0, 0.1) is 12.7 Å². The van der Waals surface area contributed by atoms with Crippen molar-refractivity contribution in [1.82, 2.24) is 5.32 Å². The standard InChI is InChI=1S/C21H22FNO4/c1-12-18-15(24)4-2-5-16(18)27-20(12)21(25)23-19(17-6-3-11-26-17)13-7-9-14(22)10-8-13/h7-10,17,19H,2-6,11H2,1H3,(H,23,25). The van der Waals surface area contributed by atoms with Crippen LogP contribution in [-0.4, -0.2) is 24.4 Å². The molecule has 1 N–H and O–H groups in total. The Morgan fingerprint density at radius 3 is 2.67 bits per heavy atom. The van der Waals surface area contributed by atoms with E-state index >= 15 is 0 Å². The fourth-order valence-corrected chi connectivity index (χ4v) is 4.00. The molecular weight excluding hydrogens is 349 g/mol. The molecule has 1 aromatic carbocycles. The van der Waals surface area contributed by atoms with Crippen molar-refractivity contribution >= 4 is 11.7 Å². The molecule has 1 aliphatic carbocycles. The van der Waals surface area contributed by atoms with E-state index in [0.717, 1.165) is 24.8 Å². The lowest BCUT2D eigenvalue weighted by atomic mass is 9.94. The number of carbonyl (C=O) groups is 2. The molecule has 0 spiro atoms. The van der Waals surface area contributed by atoms with E-state index < -0.39 is 6.04 Å². The van der Waals surface area contributed by atoms with Gasteiger partial charge in [0.2, 0.25) is 0 Å². The molecule has 4 rings (SSSR count). The summed E-state index contributed by atoms with van der Waals surface area (Å²) in [6, 6.07) is 5.66. The van der Waals surface area contributed by atoms with Gasteiger partial charge in [0.15, 0.2) is 11.5 Å². The number of halogens is 1. The van der Waals surface area contributed by atoms with Crippen molar-refractivity contribution in [2.24, 2.45) is 0 Å². The number of rotatable bonds is 4. The molecule has 0 radical (unpaired) electrons. The molecule has 2 aliphatic rings. The van der Waals surface area contributed by atoms with Crippen LogP contribution in [0.4, 0.5) is 4.39 Å². The molecule has 27 heavy (non-hydrogen) atoms. The largest absolute Gasteiger partial charge is 0.455 e. The van der Waals surface area contributed by atoms with Gasteiger partial charge in [-0.1, -0.05) is 12.1 Å². The lowest BCUT2D eigenvalue weighted by Gasteiger charge is -2.24. The fourth-order valence-electron chi connectivity index (χ4n) is 4.00. The molecule has 1 aromatic heterocycles. The minimum absolute atomic E-state index is 0.0331. The highest BCUT2D eigenvalue weighted by Crippen LogP contribution is 2.31. The molecule has 0 bridgehead atoms. The summed E-state index contributed by atoms with van der Waals surface area (Å²) in [5, 5.41) is 2.98. The van der Waals surface area contributed by atoms with Crippen molar-refractivity contribution < 1.29 is 23.1 Å². The number of benzene rings is 1. The van der Waals surface area contributed by atoms with Gasteiger partial charge in [-0.05, 0) is 43.9 Å². The lowest BCUT2D eigenvalue weighted by Crippen LogP contribution is -2.36. The Morgan fingerprint density at radius 2 is 2.00 bits per heavy atom. The molecule has 1 aliphatic heterocycles. The molecular formula is C21H22FNO4. The third-order valence-electron chi connectivity index (χ3n) is 5.36. The molecule has 1 amide bonds. The molecule has 142 valence electrons. The molecule has 5 nitrogen and oxygen atoms in total. The maximum atomic E-state index is 13.3. The SMILES string of the molecule is Cc1c(C(=O)NC(c2ccc(F)cc2)C2CCCO2)oc2c1C(=O)CCC2. The summed E-state index contributed by atoms with van der Waals surface area (Å²) in [7, 11) is 0. The normalized spacial score (nSPS) is 20.4. The maximum absolute atomic E-state index is 13.3. The van der Waals surface area contributed by atoms with Crippen molar-refractivity contribution in [3.05, 3.63) is 58.3 Å². The molecule has 1 saturated heterocycles. The number of furan rings is 1. The summed E-state index contributed by atoms with van der Waals surface area (Å²) >= 11 is 0. The third-order valence-corrected chi connectivity index (χ3v) is 5.36. The van der Waals surface area contributed by atoms with E-state index in [1.165, 1.54) is 12.1 Å². The minimum atomic E-state index is -0.405. The third kappa shape index (κ3) is 3.41. The predicted octanol–water partition coefficient (Wildman–Crippen LogP) is 3.90. The van der Waals surface area contributed by atoms with E-state index in [1.54, 1.807) is 19.1 Å². The summed E-state index contributed by atoms with van der Waals surface area (Å²) in [6.45, 7) is 2.39. The van der Waals surface area contributed by atoms with E-state index in [0.29, 0.717) is 36.3 Å². The van der Waals surface area contributed by atoms with Crippen LogP contribution >= 0.6 is 0 Å². The van der Waals surface area contributed by atoms with Crippen LogP contribution in [0.2, 0.25) is 0 Å². The van der Waals surface area contributed by atoms with Crippen LogP contribution in [0.5, 0.6) is 0 Å². The van der Waals surface area contributed by atoms with Crippen molar-refractivity contribution in [3.63, 3.8) is 0 Å². The number of ether oxygens (including phenoxy) is 1. The van der Waals surface area contributed by atoms with E-state index in [4.69, 9.17) is 9.15 Å². The van der Waals surface area contributed by atoms with Gasteiger partial charge in [-0.2, -0.15) is 0 Å². The van der Waals surface area contributed by atoms with E-state index in [2.05, 4.69) is 5.32 Å². The Hall–Kier alpha value is -2.47. The Bertz CT molecular complexity index is 865. The van der Waals surface area contributed by atoms with E-state index in [-0.39, 0.29) is 29.4 Å². The van der Waals surface area contributed by atoms with Crippen molar-refractivity contribution in [2.45, 2.75) is 51.2 Å². The zero-order valence-electron chi connectivity index (χ0n) is 15.2. The van der Waals surface area contributed by atoms with E-state index in [9.17, 15) is 14.0 Å². The Labute approximate surface area is 156 Å². The topological polar surface area (TPSA) is 68.5 Å². The minimum Gasteiger partial charge on any atom is -0.455 e. The molecule has 0 saturated carbocycles.